The molecule has 2 N–H and O–H groups in total. The molecule has 4 rings (SSSR count). The lowest BCUT2D eigenvalue weighted by Crippen LogP contribution is -2.23. The molecule has 2 aliphatic carbocycles. The predicted octanol–water partition coefficient (Wildman–Crippen LogP) is 3.75. The van der Waals surface area contributed by atoms with Gasteiger partial charge in [-0.15, -0.1) is 0 Å². The molecule has 3 nitrogen and oxygen atoms in total. The van der Waals surface area contributed by atoms with E-state index in [-0.39, 0.29) is 5.82 Å². The molecule has 1 aromatic carbocycles. The fourth-order valence-electron chi connectivity index (χ4n) is 4.61. The van der Waals surface area contributed by atoms with Crippen molar-refractivity contribution in [2.75, 3.05) is 5.73 Å². The Kier molecular flexibility index (Phi) is 2.56. The van der Waals surface area contributed by atoms with Crippen LogP contribution < -0.4 is 5.73 Å². The van der Waals surface area contributed by atoms with Crippen LogP contribution in [0.15, 0.2) is 18.2 Å². The Labute approximate surface area is 118 Å². The predicted molar refractivity (Wildman–Crippen MR) is 77.8 cm³/mol. The number of aromatic nitrogens is 2. The van der Waals surface area contributed by atoms with E-state index in [1.807, 2.05) is 10.6 Å². The number of nitrogens with zero attached hydrogens (tertiary/aromatic N) is 2. The maximum atomic E-state index is 13.8. The van der Waals surface area contributed by atoms with E-state index in [2.05, 4.69) is 11.9 Å². The summed E-state index contributed by atoms with van der Waals surface area (Å²) in [5, 5.41) is 0. The van der Waals surface area contributed by atoms with Gasteiger partial charge in [-0.25, -0.2) is 9.37 Å². The third-order valence-electron chi connectivity index (χ3n) is 5.52. The molecule has 4 heteroatoms. The number of para-hydroxylation sites is 1. The Morgan fingerprint density at radius 3 is 2.90 bits per heavy atom. The smallest absolute Gasteiger partial charge is 0.201 e. The molecular weight excluding hydrogens is 253 g/mol. The molecule has 2 saturated carbocycles. The fourth-order valence-corrected chi connectivity index (χ4v) is 4.61. The van der Waals surface area contributed by atoms with Crippen molar-refractivity contribution in [3.8, 4) is 0 Å². The molecule has 1 heterocycles. The van der Waals surface area contributed by atoms with E-state index in [4.69, 9.17) is 5.73 Å². The highest BCUT2D eigenvalue weighted by molar-refractivity contribution is 5.79. The summed E-state index contributed by atoms with van der Waals surface area (Å²) in [7, 11) is 0. The molecule has 0 aliphatic heterocycles. The molecule has 2 bridgehead atoms. The van der Waals surface area contributed by atoms with E-state index in [1.165, 1.54) is 31.7 Å². The zero-order valence-electron chi connectivity index (χ0n) is 11.7. The minimum Gasteiger partial charge on any atom is -0.369 e. The highest BCUT2D eigenvalue weighted by Crippen LogP contribution is 2.52. The van der Waals surface area contributed by atoms with Gasteiger partial charge in [0.2, 0.25) is 5.95 Å². The minimum absolute atomic E-state index is 0.284. The molecule has 2 aliphatic rings. The zero-order chi connectivity index (χ0) is 13.9. The Morgan fingerprint density at radius 2 is 2.20 bits per heavy atom. The van der Waals surface area contributed by atoms with Crippen molar-refractivity contribution in [3.05, 3.63) is 24.0 Å². The topological polar surface area (TPSA) is 43.8 Å². The number of nitrogens with two attached hydrogens (primary N) is 1. The fraction of sp³-hybridized carbons (Fsp3) is 0.562. The second-order valence-corrected chi connectivity index (χ2v) is 6.53. The summed E-state index contributed by atoms with van der Waals surface area (Å²) >= 11 is 0. The van der Waals surface area contributed by atoms with Crippen molar-refractivity contribution < 1.29 is 4.39 Å². The highest BCUT2D eigenvalue weighted by atomic mass is 19.1. The van der Waals surface area contributed by atoms with Gasteiger partial charge in [-0.2, -0.15) is 0 Å². The van der Waals surface area contributed by atoms with Crippen LogP contribution in [0.2, 0.25) is 0 Å². The Balaban J connectivity index is 1.78. The van der Waals surface area contributed by atoms with Crippen LogP contribution in [-0.2, 0) is 0 Å². The molecule has 0 saturated heterocycles. The number of anilines is 1. The SMILES string of the molecule is CC(C1CC2CCC1C2)n1c(N)nc2c(F)cccc21. The quantitative estimate of drug-likeness (QED) is 0.905. The lowest BCUT2D eigenvalue weighted by molar-refractivity contribution is 0.248. The van der Waals surface area contributed by atoms with E-state index in [0.29, 0.717) is 23.4 Å². The van der Waals surface area contributed by atoms with Crippen molar-refractivity contribution in [1.29, 1.82) is 0 Å². The van der Waals surface area contributed by atoms with Crippen LogP contribution in [0.4, 0.5) is 10.3 Å². The molecule has 4 unspecified atom stereocenters. The maximum Gasteiger partial charge on any atom is 0.201 e. The van der Waals surface area contributed by atoms with Crippen molar-refractivity contribution >= 4 is 17.0 Å². The number of hydrogen-bond donors (Lipinski definition) is 1. The number of benzene rings is 1. The van der Waals surface area contributed by atoms with Crippen molar-refractivity contribution in [3.63, 3.8) is 0 Å². The van der Waals surface area contributed by atoms with Gasteiger partial charge in [-0.05, 0) is 56.1 Å². The molecule has 0 radical (unpaired) electrons. The highest BCUT2D eigenvalue weighted by Gasteiger charge is 2.42. The molecule has 106 valence electrons. The third-order valence-corrected chi connectivity index (χ3v) is 5.52. The van der Waals surface area contributed by atoms with Crippen LogP contribution in [0.5, 0.6) is 0 Å². The van der Waals surface area contributed by atoms with Crippen LogP contribution in [-0.4, -0.2) is 9.55 Å². The van der Waals surface area contributed by atoms with E-state index >= 15 is 0 Å². The number of imidazole rings is 1. The van der Waals surface area contributed by atoms with E-state index < -0.39 is 0 Å². The van der Waals surface area contributed by atoms with Gasteiger partial charge in [0.15, 0.2) is 5.82 Å². The summed E-state index contributed by atoms with van der Waals surface area (Å²) in [5.74, 6) is 2.55. The molecule has 2 fully saturated rings. The van der Waals surface area contributed by atoms with Crippen LogP contribution in [0.25, 0.3) is 11.0 Å². The molecular formula is C16H20FN3. The molecule has 4 atom stereocenters. The number of halogens is 1. The second-order valence-electron chi connectivity index (χ2n) is 6.53. The van der Waals surface area contributed by atoms with Crippen LogP contribution >= 0.6 is 0 Å². The van der Waals surface area contributed by atoms with Crippen molar-refractivity contribution in [2.24, 2.45) is 17.8 Å². The monoisotopic (exact) mass is 273 g/mol. The van der Waals surface area contributed by atoms with E-state index in [1.54, 1.807) is 6.07 Å². The first kappa shape index (κ1) is 12.2. The number of rotatable bonds is 2. The second kappa shape index (κ2) is 4.21. The third kappa shape index (κ3) is 1.60. The minimum atomic E-state index is -0.284. The summed E-state index contributed by atoms with van der Waals surface area (Å²) in [4.78, 5) is 4.23. The standard InChI is InChI=1S/C16H20FN3/c1-9(12-8-10-5-6-11(12)7-10)20-14-4-2-3-13(17)15(14)19-16(20)18/h2-4,9-12H,5-8H2,1H3,(H2,18,19). The van der Waals surface area contributed by atoms with Crippen LogP contribution in [0.1, 0.15) is 38.6 Å². The largest absolute Gasteiger partial charge is 0.369 e. The van der Waals surface area contributed by atoms with Gasteiger partial charge in [-0.1, -0.05) is 12.5 Å². The van der Waals surface area contributed by atoms with Gasteiger partial charge in [0.1, 0.15) is 5.52 Å². The molecule has 0 spiro atoms. The number of hydrogen-bond acceptors (Lipinski definition) is 2. The summed E-state index contributed by atoms with van der Waals surface area (Å²) in [6, 6.07) is 5.41. The summed E-state index contributed by atoms with van der Waals surface area (Å²) in [5.41, 5.74) is 7.31. The van der Waals surface area contributed by atoms with Gasteiger partial charge in [0.05, 0.1) is 5.52 Å². The Bertz CT molecular complexity index is 663. The Morgan fingerprint density at radius 1 is 1.35 bits per heavy atom. The van der Waals surface area contributed by atoms with Gasteiger partial charge in [0.25, 0.3) is 0 Å². The van der Waals surface area contributed by atoms with Crippen LogP contribution in [0, 0.1) is 23.6 Å². The first-order valence-electron chi connectivity index (χ1n) is 7.57. The van der Waals surface area contributed by atoms with Crippen LogP contribution in [0.3, 0.4) is 0 Å². The first-order valence-corrected chi connectivity index (χ1v) is 7.57. The Hall–Kier alpha value is -1.58. The van der Waals surface area contributed by atoms with Gasteiger partial charge >= 0.3 is 0 Å². The summed E-state index contributed by atoms with van der Waals surface area (Å²) in [6.07, 6.45) is 5.40. The number of fused-ring (bicyclic) bond motifs is 3. The molecule has 20 heavy (non-hydrogen) atoms. The van der Waals surface area contributed by atoms with Gasteiger partial charge < -0.3 is 10.3 Å². The van der Waals surface area contributed by atoms with Gasteiger partial charge in [-0.3, -0.25) is 0 Å². The zero-order valence-corrected chi connectivity index (χ0v) is 11.7. The normalized spacial score (nSPS) is 30.2. The average molecular weight is 273 g/mol. The lowest BCUT2D eigenvalue weighted by Gasteiger charge is -2.29. The first-order chi connectivity index (χ1) is 9.65. The average Bonchev–Trinajstić information content (AvgIpc) is 3.11. The number of nitrogen functional groups attached to an aromatic ring is 1. The van der Waals surface area contributed by atoms with Crippen molar-refractivity contribution in [2.45, 2.75) is 38.6 Å². The maximum absolute atomic E-state index is 13.8. The van der Waals surface area contributed by atoms with E-state index in [9.17, 15) is 4.39 Å². The summed E-state index contributed by atoms with van der Waals surface area (Å²) in [6.45, 7) is 2.22. The molecule has 1 aromatic heterocycles. The lowest BCUT2D eigenvalue weighted by atomic mass is 9.84. The summed E-state index contributed by atoms with van der Waals surface area (Å²) < 4.78 is 15.9. The van der Waals surface area contributed by atoms with Gasteiger partial charge in [0, 0.05) is 6.04 Å². The molecule has 2 aromatic rings. The van der Waals surface area contributed by atoms with Crippen molar-refractivity contribution in [1.82, 2.24) is 9.55 Å². The van der Waals surface area contributed by atoms with E-state index in [0.717, 1.165) is 17.4 Å². The molecule has 0 amide bonds.